The van der Waals surface area contributed by atoms with Crippen molar-refractivity contribution in [2.24, 2.45) is 0 Å². The number of phenols is 2. The summed E-state index contributed by atoms with van der Waals surface area (Å²) in [7, 11) is 0. The van der Waals surface area contributed by atoms with E-state index in [1.165, 1.54) is 32.0 Å². The van der Waals surface area contributed by atoms with Gasteiger partial charge in [0.2, 0.25) is 0 Å². The zero-order chi connectivity index (χ0) is 9.35. The molecular weight excluding hydrogens is 159 g/mol. The molecule has 0 aromatic heterocycles. The van der Waals surface area contributed by atoms with Crippen molar-refractivity contribution in [3.63, 3.8) is 0 Å². The van der Waals surface area contributed by atoms with Gasteiger partial charge in [0.15, 0.2) is 0 Å². The summed E-state index contributed by atoms with van der Waals surface area (Å²) in [6.07, 6.45) is 0. The van der Waals surface area contributed by atoms with Crippen LogP contribution in [-0.4, -0.2) is 10.2 Å². The molecule has 0 aliphatic heterocycles. The molecule has 0 heterocycles. The third-order valence-corrected chi connectivity index (χ3v) is 1.62. The average molecular weight is 170 g/mol. The van der Waals surface area contributed by atoms with Crippen LogP contribution in [0.3, 0.4) is 0 Å². The molecule has 0 aliphatic rings. The van der Waals surface area contributed by atoms with Crippen molar-refractivity contribution >= 4 is 0 Å². The number of alkyl halides is 1. The summed E-state index contributed by atoms with van der Waals surface area (Å²) in [6.45, 7) is 2.64. The molecule has 1 aromatic carbocycles. The van der Waals surface area contributed by atoms with Crippen molar-refractivity contribution in [2.45, 2.75) is 19.5 Å². The van der Waals surface area contributed by atoms with Crippen LogP contribution in [0.15, 0.2) is 18.2 Å². The van der Waals surface area contributed by atoms with E-state index in [0.717, 1.165) is 0 Å². The van der Waals surface area contributed by atoms with Gasteiger partial charge in [-0.15, -0.1) is 0 Å². The van der Waals surface area contributed by atoms with E-state index in [1.807, 2.05) is 0 Å². The Hall–Kier alpha value is -1.25. The fourth-order valence-corrected chi connectivity index (χ4v) is 1.00. The van der Waals surface area contributed by atoms with Crippen LogP contribution in [0.4, 0.5) is 4.39 Å². The highest BCUT2D eigenvalue weighted by molar-refractivity contribution is 5.41. The Labute approximate surface area is 70.3 Å². The molecule has 1 aromatic rings. The maximum atomic E-state index is 13.3. The Balaban J connectivity index is 3.23. The molecule has 0 spiro atoms. The lowest BCUT2D eigenvalue weighted by Gasteiger charge is -2.15. The largest absolute Gasteiger partial charge is 0.508 e. The van der Waals surface area contributed by atoms with Gasteiger partial charge < -0.3 is 10.2 Å². The van der Waals surface area contributed by atoms with Crippen molar-refractivity contribution in [1.82, 2.24) is 0 Å². The van der Waals surface area contributed by atoms with Gasteiger partial charge in [-0.25, -0.2) is 4.39 Å². The highest BCUT2D eigenvalue weighted by Gasteiger charge is 2.22. The van der Waals surface area contributed by atoms with Gasteiger partial charge in [-0.05, 0) is 32.0 Å². The quantitative estimate of drug-likeness (QED) is 0.635. The summed E-state index contributed by atoms with van der Waals surface area (Å²) >= 11 is 0. The third kappa shape index (κ3) is 1.67. The molecule has 0 unspecified atom stereocenters. The van der Waals surface area contributed by atoms with Gasteiger partial charge in [0.25, 0.3) is 0 Å². The fraction of sp³-hybridized carbons (Fsp3) is 0.333. The minimum Gasteiger partial charge on any atom is -0.508 e. The first-order valence-corrected chi connectivity index (χ1v) is 3.62. The molecule has 2 nitrogen and oxygen atoms in total. The normalized spacial score (nSPS) is 11.6. The zero-order valence-corrected chi connectivity index (χ0v) is 7.00. The minimum absolute atomic E-state index is 0.0477. The van der Waals surface area contributed by atoms with Gasteiger partial charge in [-0.3, -0.25) is 0 Å². The van der Waals surface area contributed by atoms with Crippen LogP contribution in [0, 0.1) is 0 Å². The van der Waals surface area contributed by atoms with Gasteiger partial charge in [0, 0.05) is 5.56 Å². The number of hydrogen-bond donors (Lipinski definition) is 2. The molecule has 3 heteroatoms. The maximum absolute atomic E-state index is 13.3. The molecule has 0 saturated carbocycles. The van der Waals surface area contributed by atoms with Crippen molar-refractivity contribution in [3.8, 4) is 11.5 Å². The molecule has 0 radical (unpaired) electrons. The summed E-state index contributed by atoms with van der Waals surface area (Å²) in [5.41, 5.74) is -1.54. The van der Waals surface area contributed by atoms with Crippen LogP contribution in [-0.2, 0) is 5.67 Å². The predicted molar refractivity (Wildman–Crippen MR) is 43.9 cm³/mol. The lowest BCUT2D eigenvalue weighted by Crippen LogP contribution is -2.08. The number of phenolic OH excluding ortho intramolecular Hbond substituents is 2. The first-order chi connectivity index (χ1) is 5.41. The van der Waals surface area contributed by atoms with Crippen LogP contribution in [0.2, 0.25) is 0 Å². The highest BCUT2D eigenvalue weighted by Crippen LogP contribution is 2.34. The first kappa shape index (κ1) is 8.84. The fourth-order valence-electron chi connectivity index (χ4n) is 1.00. The minimum atomic E-state index is -1.64. The molecule has 0 atom stereocenters. The second-order valence-electron chi connectivity index (χ2n) is 3.17. The van der Waals surface area contributed by atoms with Gasteiger partial charge in [-0.2, -0.15) is 0 Å². The number of rotatable bonds is 1. The maximum Gasteiger partial charge on any atom is 0.134 e. The Morgan fingerprint density at radius 3 is 2.25 bits per heavy atom. The molecule has 1 rings (SSSR count). The number of aromatic hydroxyl groups is 2. The lowest BCUT2D eigenvalue weighted by atomic mass is 9.99. The lowest BCUT2D eigenvalue weighted by molar-refractivity contribution is 0.214. The summed E-state index contributed by atoms with van der Waals surface area (Å²) < 4.78 is 13.3. The molecular formula is C9H11FO2. The molecule has 12 heavy (non-hydrogen) atoms. The van der Waals surface area contributed by atoms with E-state index >= 15 is 0 Å². The van der Waals surface area contributed by atoms with Crippen molar-refractivity contribution in [1.29, 1.82) is 0 Å². The zero-order valence-electron chi connectivity index (χ0n) is 7.00. The number of benzene rings is 1. The van der Waals surface area contributed by atoms with E-state index < -0.39 is 5.67 Å². The van der Waals surface area contributed by atoms with E-state index in [0.29, 0.717) is 0 Å². The molecule has 66 valence electrons. The van der Waals surface area contributed by atoms with Crippen molar-refractivity contribution < 1.29 is 14.6 Å². The second kappa shape index (κ2) is 2.66. The predicted octanol–water partition coefficient (Wildman–Crippen LogP) is 2.30. The molecule has 0 fully saturated rings. The van der Waals surface area contributed by atoms with E-state index in [9.17, 15) is 9.50 Å². The molecule has 0 amide bonds. The van der Waals surface area contributed by atoms with Crippen LogP contribution in [0.25, 0.3) is 0 Å². The number of halogens is 1. The Kier molecular flexibility index (Phi) is 1.96. The van der Waals surface area contributed by atoms with Crippen molar-refractivity contribution in [3.05, 3.63) is 23.8 Å². The van der Waals surface area contributed by atoms with E-state index in [4.69, 9.17) is 5.11 Å². The molecule has 0 aliphatic carbocycles. The highest BCUT2D eigenvalue weighted by atomic mass is 19.1. The van der Waals surface area contributed by atoms with Gasteiger partial charge >= 0.3 is 0 Å². The standard InChI is InChI=1S/C9H11FO2/c1-9(2,10)7-5-6(11)3-4-8(7)12/h3-5,11-12H,1-2H3. The summed E-state index contributed by atoms with van der Waals surface area (Å²) in [6, 6.07) is 3.80. The Bertz CT molecular complexity index is 289. The van der Waals surface area contributed by atoms with Gasteiger partial charge in [0.05, 0.1) is 0 Å². The van der Waals surface area contributed by atoms with Crippen molar-refractivity contribution in [2.75, 3.05) is 0 Å². The summed E-state index contributed by atoms with van der Waals surface area (Å²) in [4.78, 5) is 0. The smallest absolute Gasteiger partial charge is 0.134 e. The Morgan fingerprint density at radius 2 is 1.83 bits per heavy atom. The van der Waals surface area contributed by atoms with Gasteiger partial charge in [0.1, 0.15) is 17.2 Å². The average Bonchev–Trinajstić information content (AvgIpc) is 1.92. The van der Waals surface area contributed by atoms with Crippen LogP contribution in [0.5, 0.6) is 11.5 Å². The van der Waals surface area contributed by atoms with E-state index in [-0.39, 0.29) is 17.1 Å². The summed E-state index contributed by atoms with van der Waals surface area (Å²) in [5.74, 6) is -0.186. The first-order valence-electron chi connectivity index (χ1n) is 3.62. The van der Waals surface area contributed by atoms with Gasteiger partial charge in [-0.1, -0.05) is 0 Å². The molecule has 0 bridgehead atoms. The number of hydrogen-bond acceptors (Lipinski definition) is 2. The van der Waals surface area contributed by atoms with Crippen LogP contribution in [0.1, 0.15) is 19.4 Å². The van der Waals surface area contributed by atoms with Crippen LogP contribution < -0.4 is 0 Å². The molecule has 2 N–H and O–H groups in total. The topological polar surface area (TPSA) is 40.5 Å². The van der Waals surface area contributed by atoms with E-state index in [1.54, 1.807) is 0 Å². The monoisotopic (exact) mass is 170 g/mol. The summed E-state index contributed by atoms with van der Waals surface area (Å²) in [5, 5.41) is 18.2. The third-order valence-electron chi connectivity index (χ3n) is 1.62. The van der Waals surface area contributed by atoms with E-state index in [2.05, 4.69) is 0 Å². The second-order valence-corrected chi connectivity index (χ2v) is 3.17. The Morgan fingerprint density at radius 1 is 1.25 bits per heavy atom. The van der Waals surface area contributed by atoms with Crippen LogP contribution >= 0.6 is 0 Å². The molecule has 0 saturated heterocycles. The SMILES string of the molecule is CC(C)(F)c1cc(O)ccc1O.